The fourth-order valence-electron chi connectivity index (χ4n) is 2.43. The molecule has 24 heavy (non-hydrogen) atoms. The Bertz CT molecular complexity index is 1050. The maximum absolute atomic E-state index is 13.2. The molecule has 0 unspecified atom stereocenters. The molecule has 0 spiro atoms. The highest BCUT2D eigenvalue weighted by atomic mass is 32.2. The average Bonchev–Trinajstić information content (AvgIpc) is 2.89. The van der Waals surface area contributed by atoms with Crippen LogP contribution in [0, 0.1) is 12.7 Å². The van der Waals surface area contributed by atoms with Gasteiger partial charge in [0.1, 0.15) is 5.82 Å². The number of H-pyrrole nitrogens is 2. The van der Waals surface area contributed by atoms with Gasteiger partial charge in [-0.25, -0.2) is 22.3 Å². The summed E-state index contributed by atoms with van der Waals surface area (Å²) < 4.78 is 40.2. The minimum absolute atomic E-state index is 0.0341. The summed E-state index contributed by atoms with van der Waals surface area (Å²) in [4.78, 5) is 16.6. The fraction of sp³-hybridized carbons (Fsp3) is 0.188. The number of aromatic nitrogens is 2. The summed E-state index contributed by atoms with van der Waals surface area (Å²) >= 11 is 0. The molecule has 0 radical (unpaired) electrons. The second-order valence-electron chi connectivity index (χ2n) is 5.52. The van der Waals surface area contributed by atoms with E-state index in [9.17, 15) is 17.6 Å². The van der Waals surface area contributed by atoms with Gasteiger partial charge in [0.2, 0.25) is 10.0 Å². The summed E-state index contributed by atoms with van der Waals surface area (Å²) in [6, 6.07) is 9.06. The van der Waals surface area contributed by atoms with Crippen molar-refractivity contribution in [3.8, 4) is 0 Å². The predicted octanol–water partition coefficient (Wildman–Crippen LogP) is 1.82. The van der Waals surface area contributed by atoms with Crippen LogP contribution in [0.25, 0.3) is 11.0 Å². The smallest absolute Gasteiger partial charge is 0.306 e. The number of fused-ring (bicyclic) bond motifs is 1. The first-order chi connectivity index (χ1) is 11.3. The number of imidazole rings is 1. The van der Waals surface area contributed by atoms with Gasteiger partial charge >= 0.3 is 5.69 Å². The number of aryl methyl sites for hydroxylation is 1. The third-order valence-corrected chi connectivity index (χ3v) is 5.18. The monoisotopic (exact) mass is 349 g/mol. The van der Waals surface area contributed by atoms with Gasteiger partial charge in [0.15, 0.2) is 0 Å². The van der Waals surface area contributed by atoms with Crippen LogP contribution in [0.1, 0.15) is 11.1 Å². The van der Waals surface area contributed by atoms with Crippen LogP contribution >= 0.6 is 0 Å². The van der Waals surface area contributed by atoms with Crippen LogP contribution in [0.2, 0.25) is 0 Å². The molecule has 0 saturated carbocycles. The van der Waals surface area contributed by atoms with Crippen LogP contribution in [0.4, 0.5) is 4.39 Å². The molecule has 0 bridgehead atoms. The Labute approximate surface area is 137 Å². The van der Waals surface area contributed by atoms with Crippen molar-refractivity contribution in [2.45, 2.75) is 18.2 Å². The molecule has 3 rings (SSSR count). The van der Waals surface area contributed by atoms with Crippen molar-refractivity contribution in [1.82, 2.24) is 14.7 Å². The molecule has 0 aliphatic rings. The Morgan fingerprint density at radius 1 is 1.08 bits per heavy atom. The molecular weight excluding hydrogens is 333 g/mol. The lowest BCUT2D eigenvalue weighted by Crippen LogP contribution is -2.26. The van der Waals surface area contributed by atoms with Gasteiger partial charge < -0.3 is 9.97 Å². The highest BCUT2D eigenvalue weighted by molar-refractivity contribution is 7.89. The van der Waals surface area contributed by atoms with Gasteiger partial charge in [-0.2, -0.15) is 0 Å². The first-order valence-corrected chi connectivity index (χ1v) is 8.80. The number of nitrogens with one attached hydrogen (secondary N) is 3. The van der Waals surface area contributed by atoms with Crippen LogP contribution in [0.15, 0.2) is 46.1 Å². The van der Waals surface area contributed by atoms with Crippen LogP contribution in [0.5, 0.6) is 0 Å². The normalized spacial score (nSPS) is 11.9. The van der Waals surface area contributed by atoms with E-state index in [4.69, 9.17) is 0 Å². The lowest BCUT2D eigenvalue weighted by atomic mass is 10.1. The van der Waals surface area contributed by atoms with Gasteiger partial charge in [0.25, 0.3) is 0 Å². The topological polar surface area (TPSA) is 94.8 Å². The maximum atomic E-state index is 13.2. The second kappa shape index (κ2) is 6.21. The van der Waals surface area contributed by atoms with Gasteiger partial charge in [0, 0.05) is 6.54 Å². The zero-order chi connectivity index (χ0) is 17.3. The molecule has 3 aromatic rings. The first-order valence-electron chi connectivity index (χ1n) is 7.32. The van der Waals surface area contributed by atoms with Crippen LogP contribution < -0.4 is 10.4 Å². The Morgan fingerprint density at radius 3 is 2.58 bits per heavy atom. The lowest BCUT2D eigenvalue weighted by molar-refractivity contribution is 0.580. The van der Waals surface area contributed by atoms with Crippen molar-refractivity contribution >= 4 is 21.1 Å². The Balaban J connectivity index is 1.69. The molecule has 0 aliphatic carbocycles. The zero-order valence-electron chi connectivity index (χ0n) is 12.9. The number of hydrogen-bond acceptors (Lipinski definition) is 3. The summed E-state index contributed by atoms with van der Waals surface area (Å²) in [5, 5.41) is 0. The number of hydrogen-bond donors (Lipinski definition) is 3. The van der Waals surface area contributed by atoms with E-state index in [0.29, 0.717) is 17.5 Å². The van der Waals surface area contributed by atoms with Crippen LogP contribution in [0.3, 0.4) is 0 Å². The molecular formula is C16H16FN3O3S. The third-order valence-electron chi connectivity index (χ3n) is 3.73. The number of benzene rings is 2. The van der Waals surface area contributed by atoms with E-state index in [2.05, 4.69) is 14.7 Å². The van der Waals surface area contributed by atoms with Crippen LogP contribution in [-0.2, 0) is 16.4 Å². The van der Waals surface area contributed by atoms with Crippen molar-refractivity contribution in [1.29, 1.82) is 0 Å². The summed E-state index contributed by atoms with van der Waals surface area (Å²) in [5.41, 5.74) is 2.26. The standard InChI is InChI=1S/C16H16FN3O3S/c1-10-8-12(3-4-13(10)17)24(22,23)18-7-6-11-2-5-14-15(9-11)20-16(21)19-14/h2-5,8-9,18H,6-7H2,1H3,(H2,19,20,21). The Kier molecular flexibility index (Phi) is 4.25. The number of sulfonamides is 1. The van der Waals surface area contributed by atoms with E-state index < -0.39 is 15.8 Å². The largest absolute Gasteiger partial charge is 0.323 e. The number of aromatic amines is 2. The third kappa shape index (κ3) is 3.39. The highest BCUT2D eigenvalue weighted by Gasteiger charge is 2.14. The van der Waals surface area contributed by atoms with Crippen molar-refractivity contribution < 1.29 is 12.8 Å². The summed E-state index contributed by atoms with van der Waals surface area (Å²) in [6.07, 6.45) is 0.461. The molecule has 0 aliphatic heterocycles. The predicted molar refractivity (Wildman–Crippen MR) is 88.9 cm³/mol. The molecule has 6 nitrogen and oxygen atoms in total. The molecule has 0 atom stereocenters. The molecule has 3 N–H and O–H groups in total. The molecule has 1 aromatic heterocycles. The maximum Gasteiger partial charge on any atom is 0.323 e. The minimum atomic E-state index is -3.69. The van der Waals surface area contributed by atoms with E-state index in [0.717, 1.165) is 11.6 Å². The minimum Gasteiger partial charge on any atom is -0.306 e. The average molecular weight is 349 g/mol. The van der Waals surface area contributed by atoms with Crippen molar-refractivity contribution in [2.24, 2.45) is 0 Å². The molecule has 0 fully saturated rings. The van der Waals surface area contributed by atoms with E-state index in [1.807, 2.05) is 6.07 Å². The lowest BCUT2D eigenvalue weighted by Gasteiger charge is -2.08. The molecule has 0 saturated heterocycles. The SMILES string of the molecule is Cc1cc(S(=O)(=O)NCCc2ccc3[nH]c(=O)[nH]c3c2)ccc1F. The van der Waals surface area contributed by atoms with Crippen molar-refractivity contribution in [3.63, 3.8) is 0 Å². The fourth-order valence-corrected chi connectivity index (χ4v) is 3.55. The van der Waals surface area contributed by atoms with Gasteiger partial charge in [-0.15, -0.1) is 0 Å². The van der Waals surface area contributed by atoms with Crippen LogP contribution in [-0.4, -0.2) is 24.9 Å². The van der Waals surface area contributed by atoms with E-state index in [1.165, 1.54) is 19.1 Å². The van der Waals surface area contributed by atoms with Gasteiger partial charge in [0.05, 0.1) is 15.9 Å². The highest BCUT2D eigenvalue weighted by Crippen LogP contribution is 2.14. The van der Waals surface area contributed by atoms with E-state index in [1.54, 1.807) is 12.1 Å². The van der Waals surface area contributed by atoms with Gasteiger partial charge in [-0.05, 0) is 54.8 Å². The van der Waals surface area contributed by atoms with E-state index in [-0.39, 0.29) is 22.7 Å². The molecule has 126 valence electrons. The Hall–Kier alpha value is -2.45. The van der Waals surface area contributed by atoms with Gasteiger partial charge in [-0.1, -0.05) is 6.07 Å². The number of rotatable bonds is 5. The number of halogens is 1. The molecule has 0 amide bonds. The molecule has 2 aromatic carbocycles. The summed E-state index contributed by atoms with van der Waals surface area (Å²) in [5.74, 6) is -0.442. The molecule has 8 heteroatoms. The zero-order valence-corrected chi connectivity index (χ0v) is 13.7. The molecule has 1 heterocycles. The quantitative estimate of drug-likeness (QED) is 0.656. The van der Waals surface area contributed by atoms with Gasteiger partial charge in [-0.3, -0.25) is 0 Å². The second-order valence-corrected chi connectivity index (χ2v) is 7.28. The summed E-state index contributed by atoms with van der Waals surface area (Å²) in [6.45, 7) is 1.71. The first kappa shape index (κ1) is 16.4. The Morgan fingerprint density at radius 2 is 1.83 bits per heavy atom. The summed E-state index contributed by atoms with van der Waals surface area (Å²) in [7, 11) is -3.69. The van der Waals surface area contributed by atoms with Crippen molar-refractivity contribution in [2.75, 3.05) is 6.54 Å². The van der Waals surface area contributed by atoms with Crippen molar-refractivity contribution in [3.05, 3.63) is 63.8 Å². The van der Waals surface area contributed by atoms with E-state index >= 15 is 0 Å².